The zero-order valence-corrected chi connectivity index (χ0v) is 41.6. The van der Waals surface area contributed by atoms with Crippen molar-refractivity contribution in [2.24, 2.45) is 11.8 Å². The molecule has 396 valence electrons. The lowest BCUT2D eigenvalue weighted by Crippen LogP contribution is -2.41. The van der Waals surface area contributed by atoms with Gasteiger partial charge in [-0.05, 0) is 95.0 Å². The van der Waals surface area contributed by atoms with Crippen LogP contribution in [0.3, 0.4) is 0 Å². The molecule has 0 fully saturated rings. The molecule has 0 saturated carbocycles. The van der Waals surface area contributed by atoms with Crippen LogP contribution in [0, 0.1) is 11.8 Å². The predicted molar refractivity (Wildman–Crippen MR) is 261 cm³/mol. The number of aliphatic hydroxyl groups is 11. The van der Waals surface area contributed by atoms with Gasteiger partial charge in [-0.2, -0.15) is 0 Å². The molecule has 0 radical (unpaired) electrons. The van der Waals surface area contributed by atoms with Crippen molar-refractivity contribution in [1.82, 2.24) is 10.2 Å². The summed E-state index contributed by atoms with van der Waals surface area (Å²) in [6, 6.07) is 9.24. The Morgan fingerprint density at radius 3 is 1.42 bits per heavy atom. The molecular weight excluding hydrogens is 893 g/mol. The second-order valence-electron chi connectivity index (χ2n) is 20.1. The van der Waals surface area contributed by atoms with Gasteiger partial charge >= 0.3 is 0 Å². The molecule has 12 N–H and O–H groups in total. The molecule has 1 unspecified atom stereocenters. The SMILES string of the molecule is COC1=CC(=O)N(C(=O)/C=C(/C)CC(C)CCCCCCC[C@H](C)C[C@@H](O)C[C@@H](O)C[C@@H](O)C[C@@H](O)C[C@@H](O)C[C@@H](O)C[C@@H](O)C[C@@H](O)C[C@@H](O)C[C@@H](O)C[C@H](O)CNC=O)[C@H]1Cc1ccccc1. The molecule has 0 spiro atoms. The lowest BCUT2D eigenvalue weighted by Gasteiger charge is -2.24. The van der Waals surface area contributed by atoms with E-state index in [2.05, 4.69) is 19.2 Å². The number of hydrogen-bond acceptors (Lipinski definition) is 15. The van der Waals surface area contributed by atoms with Crippen LogP contribution >= 0.6 is 0 Å². The van der Waals surface area contributed by atoms with E-state index in [1.54, 1.807) is 6.08 Å². The summed E-state index contributed by atoms with van der Waals surface area (Å²) in [6.07, 6.45) is -0.702. The zero-order chi connectivity index (χ0) is 51.5. The summed E-state index contributed by atoms with van der Waals surface area (Å²) in [4.78, 5) is 37.7. The fraction of sp³-hybridized carbons (Fsp3) is 0.750. The molecule has 69 heavy (non-hydrogen) atoms. The molecule has 0 saturated heterocycles. The van der Waals surface area contributed by atoms with Crippen LogP contribution in [-0.2, 0) is 25.5 Å². The lowest BCUT2D eigenvalue weighted by molar-refractivity contribution is -0.139. The molecule has 17 nitrogen and oxygen atoms in total. The molecule has 14 atom stereocenters. The molecule has 1 aromatic rings. The predicted octanol–water partition coefficient (Wildman–Crippen LogP) is 2.84. The third kappa shape index (κ3) is 27.2. The molecule has 0 aromatic heterocycles. The first-order valence-corrected chi connectivity index (χ1v) is 25.2. The van der Waals surface area contributed by atoms with Gasteiger partial charge in [-0.3, -0.25) is 19.3 Å². The number of carbonyl (C=O) groups is 3. The number of benzene rings is 1. The molecular formula is C52H88N2O15. The standard InChI is InChI=1S/C52H88N2O15/c1-34(17-36(3)19-51(67)54-49(50(69-4)31-52(54)68)20-37-15-11-8-12-16-37)13-9-6-5-7-10-14-35(2)18-38(56)21-39(57)22-40(58)23-41(59)24-42(60)25-43(61)26-44(62)27-45(63)28-46(64)29-47(65)30-48(66)32-53-33-55/h8,11-12,15-16,19,31,33-35,38-49,56-66H,5-7,9-10,13-14,17-18,20-30,32H2,1-4H3,(H,53,55)/b36-19-/t34?,35-,38+,39+,40+,41+,42+,43+,44+,45+,46+,47+,48-,49-/m0/s1. The van der Waals surface area contributed by atoms with Crippen molar-refractivity contribution >= 4 is 18.2 Å². The van der Waals surface area contributed by atoms with E-state index in [1.165, 1.54) is 18.1 Å². The summed E-state index contributed by atoms with van der Waals surface area (Å²) >= 11 is 0. The summed E-state index contributed by atoms with van der Waals surface area (Å²) < 4.78 is 5.46. The third-order valence-corrected chi connectivity index (χ3v) is 12.9. The summed E-state index contributed by atoms with van der Waals surface area (Å²) in [5.41, 5.74) is 1.95. The quantitative estimate of drug-likeness (QED) is 0.0257. The lowest BCUT2D eigenvalue weighted by atomic mass is 9.92. The number of imide groups is 1. The van der Waals surface area contributed by atoms with Gasteiger partial charge in [0.05, 0.1) is 74.3 Å². The number of methoxy groups -OCH3 is 1. The minimum Gasteiger partial charge on any atom is -0.499 e. The number of amides is 3. The summed E-state index contributed by atoms with van der Waals surface area (Å²) in [5.74, 6) is 0.422. The Kier molecular flexibility index (Phi) is 30.5. The van der Waals surface area contributed by atoms with E-state index in [1.807, 2.05) is 37.3 Å². The number of carbonyl (C=O) groups excluding carboxylic acids is 3. The fourth-order valence-electron chi connectivity index (χ4n) is 9.51. The number of hydrogen-bond donors (Lipinski definition) is 12. The van der Waals surface area contributed by atoms with Crippen molar-refractivity contribution in [3.63, 3.8) is 0 Å². The molecule has 1 aliphatic heterocycles. The molecule has 1 aliphatic rings. The highest BCUT2D eigenvalue weighted by Gasteiger charge is 2.37. The highest BCUT2D eigenvalue weighted by Crippen LogP contribution is 2.27. The zero-order valence-electron chi connectivity index (χ0n) is 41.6. The van der Waals surface area contributed by atoms with E-state index in [9.17, 15) is 70.6 Å². The first-order valence-electron chi connectivity index (χ1n) is 25.2. The van der Waals surface area contributed by atoms with Crippen LogP contribution in [-0.4, -0.2) is 166 Å². The average Bonchev–Trinajstić information content (AvgIpc) is 3.55. The highest BCUT2D eigenvalue weighted by molar-refractivity contribution is 6.08. The van der Waals surface area contributed by atoms with Crippen molar-refractivity contribution in [2.75, 3.05) is 13.7 Å². The Labute approximate surface area is 409 Å². The van der Waals surface area contributed by atoms with Gasteiger partial charge in [-0.1, -0.05) is 94.7 Å². The Morgan fingerprint density at radius 2 is 1.00 bits per heavy atom. The van der Waals surface area contributed by atoms with E-state index in [0.29, 0.717) is 30.9 Å². The molecule has 3 amide bonds. The Hall–Kier alpha value is -3.33. The van der Waals surface area contributed by atoms with Gasteiger partial charge in [0.15, 0.2) is 0 Å². The Bertz CT molecular complexity index is 1630. The fourth-order valence-corrected chi connectivity index (χ4v) is 9.51. The maximum absolute atomic E-state index is 13.3. The minimum absolute atomic E-state index is 0.0558. The average molecular weight is 981 g/mol. The summed E-state index contributed by atoms with van der Waals surface area (Å²) in [6.45, 7) is 6.13. The molecule has 0 bridgehead atoms. The molecule has 0 aliphatic carbocycles. The van der Waals surface area contributed by atoms with Crippen LogP contribution in [0.5, 0.6) is 0 Å². The van der Waals surface area contributed by atoms with E-state index >= 15 is 0 Å². The normalized spacial score (nSPS) is 20.1. The van der Waals surface area contributed by atoms with Gasteiger partial charge in [0.2, 0.25) is 6.41 Å². The number of ether oxygens (including phenoxy) is 1. The van der Waals surface area contributed by atoms with Gasteiger partial charge in [-0.25, -0.2) is 0 Å². The Morgan fingerprint density at radius 1 is 0.609 bits per heavy atom. The number of aliphatic hydroxyl groups excluding tert-OH is 11. The first kappa shape index (κ1) is 61.8. The van der Waals surface area contributed by atoms with E-state index in [0.717, 1.165) is 62.5 Å². The molecule has 1 aromatic carbocycles. The maximum atomic E-state index is 13.3. The second kappa shape index (κ2) is 34.1. The molecule has 1 heterocycles. The van der Waals surface area contributed by atoms with Gasteiger partial charge in [0.1, 0.15) is 11.8 Å². The van der Waals surface area contributed by atoms with Crippen molar-refractivity contribution in [3.8, 4) is 0 Å². The van der Waals surface area contributed by atoms with E-state index < -0.39 is 73.2 Å². The summed E-state index contributed by atoms with van der Waals surface area (Å²) in [5, 5.41) is 116. The van der Waals surface area contributed by atoms with Crippen LogP contribution in [0.2, 0.25) is 0 Å². The van der Waals surface area contributed by atoms with Crippen molar-refractivity contribution < 1.29 is 75.3 Å². The largest absolute Gasteiger partial charge is 0.499 e. The Balaban J connectivity index is 1.56. The van der Waals surface area contributed by atoms with Crippen LogP contribution in [0.1, 0.15) is 148 Å². The van der Waals surface area contributed by atoms with Crippen molar-refractivity contribution in [2.45, 2.75) is 222 Å². The van der Waals surface area contributed by atoms with Crippen LogP contribution in [0.4, 0.5) is 0 Å². The van der Waals surface area contributed by atoms with Crippen molar-refractivity contribution in [1.29, 1.82) is 0 Å². The van der Waals surface area contributed by atoms with Crippen LogP contribution < -0.4 is 5.32 Å². The third-order valence-electron chi connectivity index (χ3n) is 12.9. The second-order valence-corrected chi connectivity index (χ2v) is 20.1. The molecule has 2 rings (SSSR count). The van der Waals surface area contributed by atoms with Crippen LogP contribution in [0.15, 0.2) is 53.8 Å². The number of nitrogens with one attached hydrogen (secondary N) is 1. The van der Waals surface area contributed by atoms with Crippen molar-refractivity contribution in [3.05, 3.63) is 59.4 Å². The van der Waals surface area contributed by atoms with Gasteiger partial charge in [-0.15, -0.1) is 0 Å². The topological polar surface area (TPSA) is 298 Å². The van der Waals surface area contributed by atoms with Gasteiger partial charge in [0.25, 0.3) is 11.8 Å². The number of allylic oxidation sites excluding steroid dienone is 1. The van der Waals surface area contributed by atoms with E-state index in [4.69, 9.17) is 4.74 Å². The smallest absolute Gasteiger partial charge is 0.257 e. The van der Waals surface area contributed by atoms with E-state index in [-0.39, 0.29) is 88.5 Å². The van der Waals surface area contributed by atoms with Crippen LogP contribution in [0.25, 0.3) is 0 Å². The first-order chi connectivity index (χ1) is 32.7. The highest BCUT2D eigenvalue weighted by atomic mass is 16.5. The number of rotatable bonds is 39. The monoisotopic (exact) mass is 981 g/mol. The minimum atomic E-state index is -1.18. The van der Waals surface area contributed by atoms with Gasteiger partial charge in [0, 0.05) is 31.5 Å². The number of unbranched alkanes of at least 4 members (excludes halogenated alkanes) is 4. The van der Waals surface area contributed by atoms with Gasteiger partial charge < -0.3 is 66.2 Å². The summed E-state index contributed by atoms with van der Waals surface area (Å²) in [7, 11) is 1.52. The molecule has 17 heteroatoms. The number of nitrogens with zero attached hydrogens (tertiary/aromatic N) is 1. The maximum Gasteiger partial charge on any atom is 0.257 e.